The molecule has 0 saturated carbocycles. The van der Waals surface area contributed by atoms with E-state index in [1.54, 1.807) is 0 Å². The third-order valence-corrected chi connectivity index (χ3v) is 1.78. The molecular weight excluding hydrogens is 236 g/mol. The highest BCUT2D eigenvalue weighted by Crippen LogP contribution is 2.03. The molecular formula is C9H22O8. The lowest BCUT2D eigenvalue weighted by molar-refractivity contribution is -0.123. The average Bonchev–Trinajstić information content (AvgIpc) is 2.35. The summed E-state index contributed by atoms with van der Waals surface area (Å²) in [6.07, 6.45) is -6.95. The van der Waals surface area contributed by atoms with E-state index >= 15 is 0 Å². The molecule has 0 fully saturated rings. The molecule has 0 aliphatic heterocycles. The van der Waals surface area contributed by atoms with E-state index in [1.807, 2.05) is 0 Å². The molecule has 0 amide bonds. The first-order valence-electron chi connectivity index (χ1n) is 5.04. The summed E-state index contributed by atoms with van der Waals surface area (Å²) < 4.78 is 0. The van der Waals surface area contributed by atoms with Gasteiger partial charge in [-0.15, -0.1) is 0 Å². The lowest BCUT2D eigenvalue weighted by atomic mass is 10.0. The van der Waals surface area contributed by atoms with Crippen molar-refractivity contribution in [3.63, 3.8) is 0 Å². The van der Waals surface area contributed by atoms with E-state index in [9.17, 15) is 0 Å². The van der Waals surface area contributed by atoms with Crippen LogP contribution in [0, 0.1) is 0 Å². The van der Waals surface area contributed by atoms with Crippen LogP contribution in [0.4, 0.5) is 0 Å². The average molecular weight is 258 g/mol. The van der Waals surface area contributed by atoms with Gasteiger partial charge in [-0.25, -0.2) is 0 Å². The summed E-state index contributed by atoms with van der Waals surface area (Å²) in [7, 11) is 0. The van der Waals surface area contributed by atoms with Gasteiger partial charge >= 0.3 is 0 Å². The fourth-order valence-corrected chi connectivity index (χ4v) is 0.671. The summed E-state index contributed by atoms with van der Waals surface area (Å²) in [5.74, 6) is 0. The van der Waals surface area contributed by atoms with Gasteiger partial charge in [-0.05, 0) is 6.92 Å². The van der Waals surface area contributed by atoms with Crippen molar-refractivity contribution in [2.75, 3.05) is 19.8 Å². The van der Waals surface area contributed by atoms with Crippen LogP contribution < -0.4 is 0 Å². The second kappa shape index (κ2) is 10.8. The molecule has 0 heterocycles. The number of aliphatic hydroxyl groups excluding tert-OH is 8. The van der Waals surface area contributed by atoms with Crippen LogP contribution in [0.5, 0.6) is 0 Å². The van der Waals surface area contributed by atoms with Crippen molar-refractivity contribution in [3.05, 3.63) is 0 Å². The van der Waals surface area contributed by atoms with E-state index in [0.29, 0.717) is 0 Å². The minimum absolute atomic E-state index is 0.139. The third-order valence-electron chi connectivity index (χ3n) is 1.78. The molecule has 0 aliphatic carbocycles. The molecule has 0 aliphatic rings. The normalized spacial score (nSPS) is 19.6. The zero-order chi connectivity index (χ0) is 14.0. The van der Waals surface area contributed by atoms with Gasteiger partial charge in [0.1, 0.15) is 24.4 Å². The molecule has 8 N–H and O–H groups in total. The monoisotopic (exact) mass is 258 g/mol. The molecule has 0 bridgehead atoms. The number of hydrogen-bond acceptors (Lipinski definition) is 8. The predicted molar refractivity (Wildman–Crippen MR) is 57.0 cm³/mol. The number of aliphatic hydroxyl groups is 8. The second-order valence-corrected chi connectivity index (χ2v) is 3.51. The minimum Gasteiger partial charge on any atom is -0.394 e. The van der Waals surface area contributed by atoms with Crippen molar-refractivity contribution in [1.82, 2.24) is 0 Å². The molecule has 0 saturated heterocycles. The van der Waals surface area contributed by atoms with Gasteiger partial charge in [0.15, 0.2) is 0 Å². The van der Waals surface area contributed by atoms with E-state index in [1.165, 1.54) is 6.92 Å². The van der Waals surface area contributed by atoms with Crippen LogP contribution in [0.3, 0.4) is 0 Å². The van der Waals surface area contributed by atoms with Gasteiger partial charge < -0.3 is 40.9 Å². The first kappa shape index (κ1) is 19.0. The van der Waals surface area contributed by atoms with Crippen LogP contribution >= 0.6 is 0 Å². The Labute approximate surface area is 99.0 Å². The summed E-state index contributed by atoms with van der Waals surface area (Å²) in [6.45, 7) is -0.0627. The zero-order valence-corrected chi connectivity index (χ0v) is 9.59. The topological polar surface area (TPSA) is 162 Å². The van der Waals surface area contributed by atoms with Crippen molar-refractivity contribution < 1.29 is 40.9 Å². The van der Waals surface area contributed by atoms with Gasteiger partial charge in [-0.2, -0.15) is 0 Å². The van der Waals surface area contributed by atoms with Crippen LogP contribution in [0.15, 0.2) is 0 Å². The molecule has 5 unspecified atom stereocenters. The minimum atomic E-state index is -1.67. The molecule has 8 nitrogen and oxygen atoms in total. The van der Waals surface area contributed by atoms with Crippen molar-refractivity contribution in [3.8, 4) is 0 Å². The molecule has 8 heteroatoms. The van der Waals surface area contributed by atoms with E-state index in [0.717, 1.165) is 0 Å². The van der Waals surface area contributed by atoms with Crippen LogP contribution in [-0.2, 0) is 0 Å². The molecule has 0 aromatic rings. The maximum absolute atomic E-state index is 8.96. The third kappa shape index (κ3) is 9.39. The second-order valence-electron chi connectivity index (χ2n) is 3.51. The van der Waals surface area contributed by atoms with E-state index in [2.05, 4.69) is 0 Å². The smallest absolute Gasteiger partial charge is 0.111 e. The standard InChI is InChI=1S/C6H14O6.C3H8O2/c7-1-3(9)5(11)6(12)4(10)2-8;1-3(5)2-4/h3-12H,1-2H2;3-5H,2H2,1H3. The molecule has 0 rings (SSSR count). The van der Waals surface area contributed by atoms with Crippen molar-refractivity contribution in [2.24, 2.45) is 0 Å². The Bertz CT molecular complexity index is 151. The molecule has 106 valence electrons. The number of rotatable bonds is 6. The zero-order valence-electron chi connectivity index (χ0n) is 9.59. The first-order chi connectivity index (χ1) is 7.81. The highest BCUT2D eigenvalue weighted by atomic mass is 16.4. The van der Waals surface area contributed by atoms with Gasteiger partial charge in [0.05, 0.1) is 25.9 Å². The summed E-state index contributed by atoms with van der Waals surface area (Å²) in [5, 5.41) is 68.2. The molecule has 0 aromatic carbocycles. The fourth-order valence-electron chi connectivity index (χ4n) is 0.671. The van der Waals surface area contributed by atoms with Gasteiger partial charge in [-0.1, -0.05) is 0 Å². The Hall–Kier alpha value is -0.320. The van der Waals surface area contributed by atoms with Crippen LogP contribution in [-0.4, -0.2) is 91.2 Å². The summed E-state index contributed by atoms with van der Waals surface area (Å²) in [4.78, 5) is 0. The lowest BCUT2D eigenvalue weighted by Gasteiger charge is -2.24. The van der Waals surface area contributed by atoms with Gasteiger partial charge in [0, 0.05) is 0 Å². The van der Waals surface area contributed by atoms with Gasteiger partial charge in [0.25, 0.3) is 0 Å². The molecule has 5 atom stereocenters. The van der Waals surface area contributed by atoms with Crippen molar-refractivity contribution in [2.45, 2.75) is 37.4 Å². The highest BCUT2D eigenvalue weighted by molar-refractivity contribution is 4.79. The quantitative estimate of drug-likeness (QED) is 0.238. The molecule has 0 spiro atoms. The Balaban J connectivity index is 0. The predicted octanol–water partition coefficient (Wildman–Crippen LogP) is -4.23. The van der Waals surface area contributed by atoms with Crippen LogP contribution in [0.25, 0.3) is 0 Å². The largest absolute Gasteiger partial charge is 0.394 e. The molecule has 0 aromatic heterocycles. The van der Waals surface area contributed by atoms with Gasteiger partial charge in [0.2, 0.25) is 0 Å². The van der Waals surface area contributed by atoms with E-state index in [-0.39, 0.29) is 6.61 Å². The Morgan fingerprint density at radius 2 is 0.882 bits per heavy atom. The van der Waals surface area contributed by atoms with Gasteiger partial charge in [-0.3, -0.25) is 0 Å². The SMILES string of the molecule is CC(O)CO.OCC(O)C(O)C(O)C(O)CO. The summed E-state index contributed by atoms with van der Waals surface area (Å²) in [5.41, 5.74) is 0. The maximum atomic E-state index is 8.96. The Morgan fingerprint density at radius 1 is 0.647 bits per heavy atom. The Kier molecular flexibility index (Phi) is 12.1. The van der Waals surface area contributed by atoms with E-state index < -0.39 is 43.7 Å². The van der Waals surface area contributed by atoms with Crippen molar-refractivity contribution >= 4 is 0 Å². The Morgan fingerprint density at radius 3 is 1.00 bits per heavy atom. The maximum Gasteiger partial charge on any atom is 0.111 e. The fraction of sp³-hybridized carbons (Fsp3) is 1.00. The van der Waals surface area contributed by atoms with E-state index in [4.69, 9.17) is 40.9 Å². The first-order valence-corrected chi connectivity index (χ1v) is 5.04. The lowest BCUT2D eigenvalue weighted by Crippen LogP contribution is -2.46. The highest BCUT2D eigenvalue weighted by Gasteiger charge is 2.29. The summed E-state index contributed by atoms with van der Waals surface area (Å²) >= 11 is 0. The summed E-state index contributed by atoms with van der Waals surface area (Å²) in [6, 6.07) is 0. The van der Waals surface area contributed by atoms with Crippen molar-refractivity contribution in [1.29, 1.82) is 0 Å². The van der Waals surface area contributed by atoms with Crippen LogP contribution in [0.1, 0.15) is 6.92 Å². The number of hydrogen-bond donors (Lipinski definition) is 8. The molecule has 0 radical (unpaired) electrons. The molecule has 17 heavy (non-hydrogen) atoms. The van der Waals surface area contributed by atoms with Crippen LogP contribution in [0.2, 0.25) is 0 Å².